The number of aromatic nitrogens is 1. The van der Waals surface area contributed by atoms with E-state index in [1.165, 1.54) is 30.5 Å². The van der Waals surface area contributed by atoms with Crippen LogP contribution in [0.25, 0.3) is 0 Å². The molecule has 0 radical (unpaired) electrons. The predicted molar refractivity (Wildman–Crippen MR) is 73.0 cm³/mol. The van der Waals surface area contributed by atoms with Crippen molar-refractivity contribution in [1.29, 1.82) is 0 Å². The van der Waals surface area contributed by atoms with Crippen LogP contribution < -0.4 is 11.1 Å². The van der Waals surface area contributed by atoms with Gasteiger partial charge in [-0.25, -0.2) is 9.37 Å². The number of rotatable bonds is 2. The summed E-state index contributed by atoms with van der Waals surface area (Å²) < 4.78 is 13.2. The lowest BCUT2D eigenvalue weighted by molar-refractivity contribution is 0.102. The van der Waals surface area contributed by atoms with Gasteiger partial charge in [0.25, 0.3) is 5.91 Å². The van der Waals surface area contributed by atoms with Crippen LogP contribution in [-0.2, 0) is 0 Å². The largest absolute Gasteiger partial charge is 0.384 e. The average molecular weight is 300 g/mol. The molecule has 0 spiro atoms. The lowest BCUT2D eigenvalue weighted by atomic mass is 10.2. The summed E-state index contributed by atoms with van der Waals surface area (Å²) in [6.45, 7) is 0. The van der Waals surface area contributed by atoms with Gasteiger partial charge in [0.2, 0.25) is 0 Å². The fourth-order valence-electron chi connectivity index (χ4n) is 1.42. The van der Waals surface area contributed by atoms with Gasteiger partial charge in [0.1, 0.15) is 5.82 Å². The van der Waals surface area contributed by atoms with Crippen molar-refractivity contribution in [1.82, 2.24) is 4.98 Å². The Hall–Kier alpha value is -1.85. The van der Waals surface area contributed by atoms with Gasteiger partial charge in [0, 0.05) is 17.4 Å². The van der Waals surface area contributed by atoms with E-state index in [-0.39, 0.29) is 21.6 Å². The molecule has 1 heterocycles. The molecule has 0 bridgehead atoms. The van der Waals surface area contributed by atoms with Crippen molar-refractivity contribution in [3.8, 4) is 0 Å². The number of benzene rings is 1. The number of hydrogen-bond donors (Lipinski definition) is 2. The Morgan fingerprint density at radius 3 is 2.47 bits per heavy atom. The first-order valence-electron chi connectivity index (χ1n) is 5.15. The first-order chi connectivity index (χ1) is 8.97. The van der Waals surface area contributed by atoms with E-state index in [1.54, 1.807) is 0 Å². The zero-order chi connectivity index (χ0) is 14.0. The highest BCUT2D eigenvalue weighted by Gasteiger charge is 2.11. The zero-order valence-corrected chi connectivity index (χ0v) is 11.0. The SMILES string of the molecule is Nc1cc(C(=O)Nc2cc(Cl)c(F)c(Cl)c2)ccn1. The van der Waals surface area contributed by atoms with Crippen molar-refractivity contribution < 1.29 is 9.18 Å². The Morgan fingerprint density at radius 2 is 1.89 bits per heavy atom. The average Bonchev–Trinajstić information content (AvgIpc) is 2.36. The Balaban J connectivity index is 2.24. The van der Waals surface area contributed by atoms with Crippen molar-refractivity contribution >= 4 is 40.6 Å². The normalized spacial score (nSPS) is 10.3. The summed E-state index contributed by atoms with van der Waals surface area (Å²) >= 11 is 11.3. The van der Waals surface area contributed by atoms with Gasteiger partial charge >= 0.3 is 0 Å². The van der Waals surface area contributed by atoms with E-state index in [1.807, 2.05) is 0 Å². The van der Waals surface area contributed by atoms with E-state index in [0.717, 1.165) is 0 Å². The lowest BCUT2D eigenvalue weighted by Gasteiger charge is -2.07. The first kappa shape index (κ1) is 13.6. The molecule has 7 heteroatoms. The van der Waals surface area contributed by atoms with E-state index in [9.17, 15) is 9.18 Å². The van der Waals surface area contributed by atoms with Gasteiger partial charge in [-0.1, -0.05) is 23.2 Å². The molecule has 1 aromatic heterocycles. The zero-order valence-electron chi connectivity index (χ0n) is 9.45. The number of carbonyl (C=O) groups excluding carboxylic acids is 1. The molecule has 0 atom stereocenters. The Bertz CT molecular complexity index is 626. The topological polar surface area (TPSA) is 68.0 Å². The Morgan fingerprint density at radius 1 is 1.26 bits per heavy atom. The molecule has 1 aromatic carbocycles. The molecule has 2 aromatic rings. The number of nitrogen functional groups attached to an aromatic ring is 1. The number of hydrogen-bond acceptors (Lipinski definition) is 3. The molecule has 0 aliphatic heterocycles. The molecule has 0 aliphatic rings. The van der Waals surface area contributed by atoms with Crippen molar-refractivity contribution in [2.45, 2.75) is 0 Å². The lowest BCUT2D eigenvalue weighted by Crippen LogP contribution is -2.12. The summed E-state index contributed by atoms with van der Waals surface area (Å²) in [5, 5.41) is 2.20. The van der Waals surface area contributed by atoms with Crippen LogP contribution in [0, 0.1) is 5.82 Å². The van der Waals surface area contributed by atoms with E-state index < -0.39 is 11.7 Å². The number of pyridine rings is 1. The molecule has 1 amide bonds. The van der Waals surface area contributed by atoms with Gasteiger partial charge in [-0.3, -0.25) is 4.79 Å². The van der Waals surface area contributed by atoms with Crippen LogP contribution in [0.2, 0.25) is 10.0 Å². The third-order valence-corrected chi connectivity index (χ3v) is 2.84. The number of nitrogens with one attached hydrogen (secondary N) is 1. The number of anilines is 2. The summed E-state index contributed by atoms with van der Waals surface area (Å²) in [6, 6.07) is 5.46. The number of nitrogens with zero attached hydrogens (tertiary/aromatic N) is 1. The van der Waals surface area contributed by atoms with Crippen LogP contribution in [0.4, 0.5) is 15.9 Å². The first-order valence-corrected chi connectivity index (χ1v) is 5.90. The fraction of sp³-hybridized carbons (Fsp3) is 0. The van der Waals surface area contributed by atoms with Gasteiger partial charge in [-0.05, 0) is 24.3 Å². The van der Waals surface area contributed by atoms with E-state index in [4.69, 9.17) is 28.9 Å². The van der Waals surface area contributed by atoms with Crippen molar-refractivity contribution in [2.24, 2.45) is 0 Å². The second-order valence-corrected chi connectivity index (χ2v) is 4.49. The molecule has 0 saturated carbocycles. The minimum Gasteiger partial charge on any atom is -0.384 e. The maximum Gasteiger partial charge on any atom is 0.255 e. The standard InChI is InChI=1S/C12H8Cl2FN3O/c13-8-4-7(5-9(14)11(8)15)18-12(19)6-1-2-17-10(16)3-6/h1-5H,(H2,16,17)(H,18,19). The summed E-state index contributed by atoms with van der Waals surface area (Å²) in [4.78, 5) is 15.7. The molecule has 2 rings (SSSR count). The highest BCUT2D eigenvalue weighted by molar-refractivity contribution is 6.35. The Kier molecular flexibility index (Phi) is 3.87. The van der Waals surface area contributed by atoms with Gasteiger partial charge in [-0.2, -0.15) is 0 Å². The maximum atomic E-state index is 13.2. The monoisotopic (exact) mass is 299 g/mol. The smallest absolute Gasteiger partial charge is 0.255 e. The van der Waals surface area contributed by atoms with Crippen molar-refractivity contribution in [2.75, 3.05) is 11.1 Å². The van der Waals surface area contributed by atoms with Crippen LogP contribution in [0.3, 0.4) is 0 Å². The minimum atomic E-state index is -0.727. The highest BCUT2D eigenvalue weighted by Crippen LogP contribution is 2.27. The van der Waals surface area contributed by atoms with Gasteiger partial charge in [0.05, 0.1) is 10.0 Å². The second-order valence-electron chi connectivity index (χ2n) is 3.68. The van der Waals surface area contributed by atoms with Gasteiger partial charge < -0.3 is 11.1 Å². The molecule has 19 heavy (non-hydrogen) atoms. The Labute approximate surface area is 118 Å². The van der Waals surface area contributed by atoms with Crippen molar-refractivity contribution in [3.05, 3.63) is 51.9 Å². The molecular formula is C12H8Cl2FN3O. The van der Waals surface area contributed by atoms with E-state index in [0.29, 0.717) is 5.56 Å². The molecule has 4 nitrogen and oxygen atoms in total. The quantitative estimate of drug-likeness (QED) is 0.836. The van der Waals surface area contributed by atoms with Crippen LogP contribution in [0.1, 0.15) is 10.4 Å². The third-order valence-electron chi connectivity index (χ3n) is 2.28. The molecule has 98 valence electrons. The molecule has 0 aliphatic carbocycles. The number of carbonyl (C=O) groups is 1. The van der Waals surface area contributed by atoms with Crippen LogP contribution >= 0.6 is 23.2 Å². The van der Waals surface area contributed by atoms with Gasteiger partial charge in [0.15, 0.2) is 5.82 Å². The fourth-order valence-corrected chi connectivity index (χ4v) is 1.91. The van der Waals surface area contributed by atoms with E-state index in [2.05, 4.69) is 10.3 Å². The third kappa shape index (κ3) is 3.13. The van der Waals surface area contributed by atoms with Crippen LogP contribution in [0.5, 0.6) is 0 Å². The molecule has 0 unspecified atom stereocenters. The molecule has 3 N–H and O–H groups in total. The second kappa shape index (κ2) is 5.42. The number of nitrogens with two attached hydrogens (primary N) is 1. The molecular weight excluding hydrogens is 292 g/mol. The van der Waals surface area contributed by atoms with Gasteiger partial charge in [-0.15, -0.1) is 0 Å². The number of halogens is 3. The summed E-state index contributed by atoms with van der Waals surface area (Å²) in [7, 11) is 0. The predicted octanol–water partition coefficient (Wildman–Crippen LogP) is 3.36. The summed E-state index contributed by atoms with van der Waals surface area (Å²) in [5.41, 5.74) is 6.09. The van der Waals surface area contributed by atoms with Crippen LogP contribution in [-0.4, -0.2) is 10.9 Å². The van der Waals surface area contributed by atoms with Crippen LogP contribution in [0.15, 0.2) is 30.5 Å². The minimum absolute atomic E-state index is 0.169. The van der Waals surface area contributed by atoms with E-state index >= 15 is 0 Å². The number of amides is 1. The molecule has 0 fully saturated rings. The molecule has 0 saturated heterocycles. The summed E-state index contributed by atoms with van der Waals surface area (Å²) in [5.74, 6) is -0.926. The highest BCUT2D eigenvalue weighted by atomic mass is 35.5. The summed E-state index contributed by atoms with van der Waals surface area (Å²) in [6.07, 6.45) is 1.41. The maximum absolute atomic E-state index is 13.2. The van der Waals surface area contributed by atoms with Crippen molar-refractivity contribution in [3.63, 3.8) is 0 Å².